The molecule has 2 rings (SSSR count). The average molecular weight is 264 g/mol. The molecule has 0 unspecified atom stereocenters. The summed E-state index contributed by atoms with van der Waals surface area (Å²) in [5.74, 6) is -0.506. The third-order valence-corrected chi connectivity index (χ3v) is 2.80. The van der Waals surface area contributed by atoms with E-state index in [1.165, 1.54) is 37.3 Å². The Balaban J connectivity index is 2.44. The first-order chi connectivity index (χ1) is 8.99. The van der Waals surface area contributed by atoms with Gasteiger partial charge in [0, 0.05) is 6.07 Å². The number of benzene rings is 2. The van der Waals surface area contributed by atoms with Crippen LogP contribution in [-0.2, 0) is 0 Å². The van der Waals surface area contributed by atoms with Gasteiger partial charge in [0.05, 0.1) is 11.7 Å². The first-order valence-corrected chi connectivity index (χ1v) is 5.89. The molecule has 0 aliphatic carbocycles. The highest BCUT2D eigenvalue weighted by atomic mass is 19.1. The summed E-state index contributed by atoms with van der Waals surface area (Å²) in [6, 6.07) is 8.38. The smallest absolute Gasteiger partial charge is 0.136 e. The Kier molecular flexibility index (Phi) is 3.81. The highest BCUT2D eigenvalue weighted by Gasteiger charge is 2.16. The Morgan fingerprint density at radius 3 is 2.53 bits per heavy atom. The van der Waals surface area contributed by atoms with Crippen LogP contribution in [0.3, 0.4) is 0 Å². The fourth-order valence-electron chi connectivity index (χ4n) is 1.81. The Morgan fingerprint density at radius 2 is 1.84 bits per heavy atom. The summed E-state index contributed by atoms with van der Waals surface area (Å²) in [4.78, 5) is 0. The number of hydrogen-bond acceptors (Lipinski definition) is 2. The Bertz CT molecular complexity index is 595. The molecule has 0 fully saturated rings. The molecule has 0 heterocycles. The van der Waals surface area contributed by atoms with E-state index in [0.29, 0.717) is 5.75 Å². The Morgan fingerprint density at radius 1 is 1.11 bits per heavy atom. The zero-order valence-corrected chi connectivity index (χ0v) is 10.7. The van der Waals surface area contributed by atoms with Crippen LogP contribution in [0.1, 0.15) is 24.2 Å². The molecule has 2 aromatic rings. The largest absolute Gasteiger partial charge is 0.456 e. The highest BCUT2D eigenvalue weighted by Crippen LogP contribution is 2.33. The summed E-state index contributed by atoms with van der Waals surface area (Å²) in [5.41, 5.74) is 0.786. The summed E-state index contributed by atoms with van der Waals surface area (Å²) in [5, 5.41) is 9.59. The summed E-state index contributed by atoms with van der Waals surface area (Å²) in [6.07, 6.45) is -1.01. The first kappa shape index (κ1) is 13.5. The zero-order valence-electron chi connectivity index (χ0n) is 10.7. The lowest BCUT2D eigenvalue weighted by molar-refractivity contribution is 0.190. The van der Waals surface area contributed by atoms with Crippen molar-refractivity contribution in [3.8, 4) is 11.5 Å². The summed E-state index contributed by atoms with van der Waals surface area (Å²) >= 11 is 0. The summed E-state index contributed by atoms with van der Waals surface area (Å²) in [7, 11) is 0. The molecule has 100 valence electrons. The minimum atomic E-state index is -1.01. The van der Waals surface area contributed by atoms with Crippen molar-refractivity contribution in [1.82, 2.24) is 0 Å². The van der Waals surface area contributed by atoms with Gasteiger partial charge in [0.25, 0.3) is 0 Å². The molecule has 0 aromatic heterocycles. The molecule has 4 heteroatoms. The molecule has 1 atom stereocenters. The lowest BCUT2D eigenvalue weighted by Gasteiger charge is -2.15. The normalized spacial score (nSPS) is 12.3. The van der Waals surface area contributed by atoms with Gasteiger partial charge in [-0.2, -0.15) is 0 Å². The molecule has 0 radical (unpaired) electrons. The van der Waals surface area contributed by atoms with E-state index in [4.69, 9.17) is 4.74 Å². The van der Waals surface area contributed by atoms with Crippen LogP contribution in [0.15, 0.2) is 36.4 Å². The van der Waals surface area contributed by atoms with Gasteiger partial charge in [0.1, 0.15) is 23.1 Å². The minimum Gasteiger partial charge on any atom is -0.456 e. The molecule has 0 saturated carbocycles. The second-order valence-corrected chi connectivity index (χ2v) is 4.34. The quantitative estimate of drug-likeness (QED) is 0.903. The van der Waals surface area contributed by atoms with E-state index < -0.39 is 17.7 Å². The molecule has 0 bridgehead atoms. The standard InChI is InChI=1S/C15H14F2O2/c1-9-6-7-11(16)8-14(9)19-13-5-3-4-12(17)15(13)10(2)18/h3-8,10,18H,1-2H3/t10-/m0/s1. The maximum Gasteiger partial charge on any atom is 0.136 e. The SMILES string of the molecule is Cc1ccc(F)cc1Oc1cccc(F)c1[C@H](C)O. The number of halogens is 2. The van der Waals surface area contributed by atoms with Crippen LogP contribution in [0.4, 0.5) is 8.78 Å². The molecule has 19 heavy (non-hydrogen) atoms. The third kappa shape index (κ3) is 2.90. The lowest BCUT2D eigenvalue weighted by atomic mass is 10.1. The molecule has 0 aliphatic heterocycles. The van der Waals surface area contributed by atoms with Crippen molar-refractivity contribution in [1.29, 1.82) is 0 Å². The number of rotatable bonds is 3. The molecule has 0 amide bonds. The average Bonchev–Trinajstić information content (AvgIpc) is 2.33. The second-order valence-electron chi connectivity index (χ2n) is 4.34. The lowest BCUT2D eigenvalue weighted by Crippen LogP contribution is -2.00. The molecule has 0 aliphatic rings. The molecule has 0 saturated heterocycles. The topological polar surface area (TPSA) is 29.5 Å². The first-order valence-electron chi connectivity index (χ1n) is 5.89. The van der Waals surface area contributed by atoms with Crippen LogP contribution in [0.2, 0.25) is 0 Å². The maximum absolute atomic E-state index is 13.7. The molecule has 2 aromatic carbocycles. The van der Waals surface area contributed by atoms with Gasteiger partial charge < -0.3 is 9.84 Å². The Labute approximate surface area is 110 Å². The molecule has 0 spiro atoms. The van der Waals surface area contributed by atoms with Gasteiger partial charge in [0.2, 0.25) is 0 Å². The van der Waals surface area contributed by atoms with E-state index in [1.54, 1.807) is 13.0 Å². The predicted molar refractivity (Wildman–Crippen MR) is 68.2 cm³/mol. The zero-order chi connectivity index (χ0) is 14.0. The molecule has 1 N–H and O–H groups in total. The van der Waals surface area contributed by atoms with Gasteiger partial charge in [-0.25, -0.2) is 8.78 Å². The van der Waals surface area contributed by atoms with E-state index in [-0.39, 0.29) is 11.3 Å². The van der Waals surface area contributed by atoms with Crippen molar-refractivity contribution in [2.24, 2.45) is 0 Å². The highest BCUT2D eigenvalue weighted by molar-refractivity contribution is 5.42. The van der Waals surface area contributed by atoms with E-state index in [9.17, 15) is 13.9 Å². The number of aryl methyl sites for hydroxylation is 1. The van der Waals surface area contributed by atoms with Gasteiger partial charge in [-0.3, -0.25) is 0 Å². The monoisotopic (exact) mass is 264 g/mol. The maximum atomic E-state index is 13.7. The Hall–Kier alpha value is -1.94. The summed E-state index contributed by atoms with van der Waals surface area (Å²) in [6.45, 7) is 3.21. The van der Waals surface area contributed by atoms with Crippen LogP contribution in [0.5, 0.6) is 11.5 Å². The predicted octanol–water partition coefficient (Wildman–Crippen LogP) is 4.12. The fraction of sp³-hybridized carbons (Fsp3) is 0.200. The van der Waals surface area contributed by atoms with Crippen LogP contribution >= 0.6 is 0 Å². The van der Waals surface area contributed by atoms with E-state index in [2.05, 4.69) is 0 Å². The van der Waals surface area contributed by atoms with Crippen molar-refractivity contribution in [3.05, 3.63) is 59.2 Å². The molecular weight excluding hydrogens is 250 g/mol. The van der Waals surface area contributed by atoms with Crippen molar-refractivity contribution in [2.45, 2.75) is 20.0 Å². The van der Waals surface area contributed by atoms with Crippen LogP contribution in [-0.4, -0.2) is 5.11 Å². The third-order valence-electron chi connectivity index (χ3n) is 2.80. The van der Waals surface area contributed by atoms with Crippen LogP contribution in [0, 0.1) is 18.6 Å². The van der Waals surface area contributed by atoms with Crippen molar-refractivity contribution >= 4 is 0 Å². The van der Waals surface area contributed by atoms with E-state index in [0.717, 1.165) is 5.56 Å². The van der Waals surface area contributed by atoms with Crippen molar-refractivity contribution in [2.75, 3.05) is 0 Å². The number of aliphatic hydroxyl groups is 1. The van der Waals surface area contributed by atoms with Crippen LogP contribution < -0.4 is 4.74 Å². The van der Waals surface area contributed by atoms with Gasteiger partial charge in [0.15, 0.2) is 0 Å². The number of hydrogen-bond donors (Lipinski definition) is 1. The minimum absolute atomic E-state index is 0.0613. The van der Waals surface area contributed by atoms with Gasteiger partial charge in [-0.05, 0) is 37.6 Å². The number of aliphatic hydroxyl groups excluding tert-OH is 1. The molecule has 2 nitrogen and oxygen atoms in total. The van der Waals surface area contributed by atoms with Gasteiger partial charge in [-0.1, -0.05) is 12.1 Å². The van der Waals surface area contributed by atoms with Crippen LogP contribution in [0.25, 0.3) is 0 Å². The number of ether oxygens (including phenoxy) is 1. The molecular formula is C15H14F2O2. The second kappa shape index (κ2) is 5.36. The van der Waals surface area contributed by atoms with E-state index >= 15 is 0 Å². The van der Waals surface area contributed by atoms with E-state index in [1.807, 2.05) is 0 Å². The van der Waals surface area contributed by atoms with Gasteiger partial charge in [-0.15, -0.1) is 0 Å². The van der Waals surface area contributed by atoms with Crippen molar-refractivity contribution in [3.63, 3.8) is 0 Å². The van der Waals surface area contributed by atoms with Gasteiger partial charge >= 0.3 is 0 Å². The van der Waals surface area contributed by atoms with Crippen molar-refractivity contribution < 1.29 is 18.6 Å². The summed E-state index contributed by atoms with van der Waals surface area (Å²) < 4.78 is 32.4. The fourth-order valence-corrected chi connectivity index (χ4v) is 1.81.